The van der Waals surface area contributed by atoms with Crippen LogP contribution in [0.3, 0.4) is 0 Å². The molecule has 0 unspecified atom stereocenters. The third kappa shape index (κ3) is 4.67. The molecule has 8 nitrogen and oxygen atoms in total. The minimum Gasteiger partial charge on any atom is -0.496 e. The summed E-state index contributed by atoms with van der Waals surface area (Å²) in [6, 6.07) is 12.5. The molecular weight excluding hydrogens is 454 g/mol. The molecule has 182 valence electrons. The van der Waals surface area contributed by atoms with E-state index in [9.17, 15) is 18.0 Å². The Labute approximate surface area is 200 Å². The molecule has 1 atom stereocenters. The first-order valence-corrected chi connectivity index (χ1v) is 13.0. The van der Waals surface area contributed by atoms with Gasteiger partial charge in [-0.2, -0.15) is 4.31 Å². The van der Waals surface area contributed by atoms with Gasteiger partial charge in [0.15, 0.2) is 0 Å². The van der Waals surface area contributed by atoms with Crippen LogP contribution in [-0.4, -0.2) is 50.8 Å². The number of methoxy groups -OCH3 is 1. The predicted molar refractivity (Wildman–Crippen MR) is 129 cm³/mol. The Kier molecular flexibility index (Phi) is 6.95. The number of nitrogens with one attached hydrogen (secondary N) is 1. The molecule has 2 aliphatic rings. The van der Waals surface area contributed by atoms with Gasteiger partial charge in [0.25, 0.3) is 0 Å². The van der Waals surface area contributed by atoms with Crippen molar-refractivity contribution in [1.29, 1.82) is 0 Å². The number of carbonyl (C=O) groups excluding carboxylic acids is 2. The highest BCUT2D eigenvalue weighted by Gasteiger charge is 2.34. The molecule has 2 aromatic carbocycles. The minimum absolute atomic E-state index is 0.00978. The van der Waals surface area contributed by atoms with E-state index in [0.29, 0.717) is 38.9 Å². The largest absolute Gasteiger partial charge is 0.496 e. The number of fused-ring (bicyclic) bond motifs is 1. The lowest BCUT2D eigenvalue weighted by atomic mass is 9.97. The van der Waals surface area contributed by atoms with Gasteiger partial charge in [-0.1, -0.05) is 18.2 Å². The van der Waals surface area contributed by atoms with Crippen molar-refractivity contribution < 1.29 is 22.7 Å². The summed E-state index contributed by atoms with van der Waals surface area (Å²) in [4.78, 5) is 26.6. The van der Waals surface area contributed by atoms with Crippen molar-refractivity contribution in [3.8, 4) is 5.75 Å². The van der Waals surface area contributed by atoms with Crippen molar-refractivity contribution in [2.24, 2.45) is 5.92 Å². The average Bonchev–Trinajstić information content (AvgIpc) is 3.17. The standard InChI is InChI=1S/C25H31N3O5S/c1-17-14-21-15-22(8-9-23(21)28(17)18(2)29)34(31,32)27-12-10-19(11-13-27)25(30)26-16-20-6-4-5-7-24(20)33-3/h4-9,15,17,19H,10-14,16H2,1-3H3,(H,26,30)/t17-/m0/s1. The van der Waals surface area contributed by atoms with Gasteiger partial charge in [-0.25, -0.2) is 8.42 Å². The molecule has 2 heterocycles. The van der Waals surface area contributed by atoms with Gasteiger partial charge < -0.3 is 15.0 Å². The topological polar surface area (TPSA) is 96.0 Å². The molecule has 34 heavy (non-hydrogen) atoms. The molecule has 9 heteroatoms. The Morgan fingerprint density at radius 1 is 1.12 bits per heavy atom. The molecule has 0 aromatic heterocycles. The van der Waals surface area contributed by atoms with Crippen LogP contribution >= 0.6 is 0 Å². The van der Waals surface area contributed by atoms with Crippen LogP contribution < -0.4 is 15.0 Å². The average molecular weight is 486 g/mol. The SMILES string of the molecule is COc1ccccc1CNC(=O)C1CCN(S(=O)(=O)c2ccc3c(c2)C[C@H](C)N3C(C)=O)CC1. The fraction of sp³-hybridized carbons (Fsp3) is 0.440. The fourth-order valence-corrected chi connectivity index (χ4v) is 6.45. The normalized spacial score (nSPS) is 19.0. The third-order valence-electron chi connectivity index (χ3n) is 6.71. The second kappa shape index (κ2) is 9.76. The lowest BCUT2D eigenvalue weighted by Gasteiger charge is -2.30. The first kappa shape index (κ1) is 24.2. The first-order valence-electron chi connectivity index (χ1n) is 11.5. The number of rotatable bonds is 6. The quantitative estimate of drug-likeness (QED) is 0.679. The molecule has 0 radical (unpaired) electrons. The lowest BCUT2D eigenvalue weighted by molar-refractivity contribution is -0.126. The molecule has 1 fully saturated rings. The van der Waals surface area contributed by atoms with E-state index in [0.717, 1.165) is 22.6 Å². The zero-order valence-electron chi connectivity index (χ0n) is 19.8. The number of hydrogen-bond donors (Lipinski definition) is 1. The van der Waals surface area contributed by atoms with E-state index in [2.05, 4.69) is 5.32 Å². The number of ether oxygens (including phenoxy) is 1. The third-order valence-corrected chi connectivity index (χ3v) is 8.61. The van der Waals surface area contributed by atoms with Gasteiger partial charge >= 0.3 is 0 Å². The van der Waals surface area contributed by atoms with E-state index in [1.54, 1.807) is 30.2 Å². The molecule has 2 amide bonds. The van der Waals surface area contributed by atoms with E-state index in [1.807, 2.05) is 31.2 Å². The summed E-state index contributed by atoms with van der Waals surface area (Å²) >= 11 is 0. The number of nitrogens with zero attached hydrogens (tertiary/aromatic N) is 2. The number of carbonyl (C=O) groups is 2. The van der Waals surface area contributed by atoms with Crippen LogP contribution in [0.5, 0.6) is 5.75 Å². The predicted octanol–water partition coefficient (Wildman–Crippen LogP) is 2.71. The molecule has 0 spiro atoms. The summed E-state index contributed by atoms with van der Waals surface area (Å²) < 4.78 is 33.3. The number of para-hydroxylation sites is 1. The van der Waals surface area contributed by atoms with Crippen LogP contribution in [0.1, 0.15) is 37.8 Å². The summed E-state index contributed by atoms with van der Waals surface area (Å²) in [6.45, 7) is 4.43. The lowest BCUT2D eigenvalue weighted by Crippen LogP contribution is -2.42. The molecule has 1 N–H and O–H groups in total. The maximum atomic E-state index is 13.3. The minimum atomic E-state index is -3.67. The zero-order chi connectivity index (χ0) is 24.5. The van der Waals surface area contributed by atoms with Crippen LogP contribution in [0.25, 0.3) is 0 Å². The highest BCUT2D eigenvalue weighted by Crippen LogP contribution is 2.35. The molecule has 0 aliphatic carbocycles. The maximum Gasteiger partial charge on any atom is 0.243 e. The zero-order valence-corrected chi connectivity index (χ0v) is 20.6. The van der Waals surface area contributed by atoms with Gasteiger partial charge in [0.05, 0.1) is 12.0 Å². The number of hydrogen-bond acceptors (Lipinski definition) is 5. The second-order valence-electron chi connectivity index (χ2n) is 8.94. The fourth-order valence-electron chi connectivity index (χ4n) is 4.93. The van der Waals surface area contributed by atoms with E-state index in [4.69, 9.17) is 4.74 Å². The summed E-state index contributed by atoms with van der Waals surface area (Å²) in [5, 5.41) is 2.96. The van der Waals surface area contributed by atoms with Crippen molar-refractivity contribution in [2.75, 3.05) is 25.1 Å². The Hall–Kier alpha value is -2.91. The monoisotopic (exact) mass is 485 g/mol. The molecule has 1 saturated heterocycles. The van der Waals surface area contributed by atoms with Crippen molar-refractivity contribution >= 4 is 27.5 Å². The molecule has 2 aromatic rings. The number of anilines is 1. The van der Waals surface area contributed by atoms with Crippen molar-refractivity contribution in [3.63, 3.8) is 0 Å². The van der Waals surface area contributed by atoms with Crippen LogP contribution in [-0.2, 0) is 32.6 Å². The molecule has 0 saturated carbocycles. The van der Waals surface area contributed by atoms with Gasteiger partial charge in [0.1, 0.15) is 5.75 Å². The summed E-state index contributed by atoms with van der Waals surface area (Å²) in [7, 11) is -2.08. The van der Waals surface area contributed by atoms with Crippen LogP contribution in [0, 0.1) is 5.92 Å². The van der Waals surface area contributed by atoms with Crippen LogP contribution in [0.4, 0.5) is 5.69 Å². The van der Waals surface area contributed by atoms with Gasteiger partial charge in [0.2, 0.25) is 21.8 Å². The molecule has 0 bridgehead atoms. The van der Waals surface area contributed by atoms with Gasteiger partial charge in [-0.15, -0.1) is 0 Å². The highest BCUT2D eigenvalue weighted by molar-refractivity contribution is 7.89. The van der Waals surface area contributed by atoms with E-state index >= 15 is 0 Å². The molecular formula is C25H31N3O5S. The summed E-state index contributed by atoms with van der Waals surface area (Å²) in [5.74, 6) is 0.372. The van der Waals surface area contributed by atoms with Crippen LogP contribution in [0.2, 0.25) is 0 Å². The Morgan fingerprint density at radius 3 is 2.50 bits per heavy atom. The highest BCUT2D eigenvalue weighted by atomic mass is 32.2. The number of amides is 2. The van der Waals surface area contributed by atoms with Crippen molar-refractivity contribution in [1.82, 2.24) is 9.62 Å². The van der Waals surface area contributed by atoms with E-state index in [-0.39, 0.29) is 28.7 Å². The Morgan fingerprint density at radius 2 is 1.82 bits per heavy atom. The smallest absolute Gasteiger partial charge is 0.243 e. The Balaban J connectivity index is 1.38. The summed E-state index contributed by atoms with van der Waals surface area (Å²) in [5.41, 5.74) is 2.55. The number of sulfonamides is 1. The van der Waals surface area contributed by atoms with Gasteiger partial charge in [-0.05, 0) is 56.0 Å². The number of benzene rings is 2. The van der Waals surface area contributed by atoms with Crippen molar-refractivity contribution in [2.45, 2.75) is 50.6 Å². The second-order valence-corrected chi connectivity index (χ2v) is 10.9. The molecule has 4 rings (SSSR count). The maximum absolute atomic E-state index is 13.3. The Bertz CT molecular complexity index is 1190. The van der Waals surface area contributed by atoms with Gasteiger partial charge in [-0.3, -0.25) is 9.59 Å². The van der Waals surface area contributed by atoms with E-state index < -0.39 is 10.0 Å². The van der Waals surface area contributed by atoms with E-state index in [1.165, 1.54) is 11.2 Å². The molecule has 2 aliphatic heterocycles. The van der Waals surface area contributed by atoms with Crippen LogP contribution in [0.15, 0.2) is 47.4 Å². The number of piperidine rings is 1. The van der Waals surface area contributed by atoms with Gasteiger partial charge in [0, 0.05) is 49.8 Å². The van der Waals surface area contributed by atoms with Crippen molar-refractivity contribution in [3.05, 3.63) is 53.6 Å². The first-order chi connectivity index (χ1) is 16.2. The summed E-state index contributed by atoms with van der Waals surface area (Å²) in [6.07, 6.45) is 1.57.